The van der Waals surface area contributed by atoms with Gasteiger partial charge in [0.2, 0.25) is 0 Å². The SMILES string of the molecule is O=c1c2cncnc2ccn1CC1CCCCCC1. The number of fused-ring (bicyclic) bond motifs is 1. The molecule has 0 radical (unpaired) electrons. The van der Waals surface area contributed by atoms with Crippen LogP contribution in [0.2, 0.25) is 0 Å². The van der Waals surface area contributed by atoms with Gasteiger partial charge in [-0.15, -0.1) is 0 Å². The van der Waals surface area contributed by atoms with Crippen LogP contribution >= 0.6 is 0 Å². The van der Waals surface area contributed by atoms with Crippen LogP contribution in [-0.2, 0) is 6.54 Å². The Kier molecular flexibility index (Phi) is 3.58. The summed E-state index contributed by atoms with van der Waals surface area (Å²) in [6.45, 7) is 0.837. The predicted molar refractivity (Wildman–Crippen MR) is 75.0 cm³/mol. The summed E-state index contributed by atoms with van der Waals surface area (Å²) < 4.78 is 1.84. The normalized spacial score (nSPS) is 17.5. The Labute approximate surface area is 112 Å². The Morgan fingerprint density at radius 1 is 1.21 bits per heavy atom. The summed E-state index contributed by atoms with van der Waals surface area (Å²) in [5.74, 6) is 0.641. The first-order valence-electron chi connectivity index (χ1n) is 7.14. The molecule has 2 aromatic heterocycles. The summed E-state index contributed by atoms with van der Waals surface area (Å²) in [4.78, 5) is 20.4. The molecule has 0 bridgehead atoms. The Hall–Kier alpha value is -1.71. The second-order valence-electron chi connectivity index (χ2n) is 5.45. The lowest BCUT2D eigenvalue weighted by Gasteiger charge is -2.15. The summed E-state index contributed by atoms with van der Waals surface area (Å²) in [7, 11) is 0. The molecule has 0 aromatic carbocycles. The van der Waals surface area contributed by atoms with Gasteiger partial charge in [0.1, 0.15) is 6.33 Å². The standard InChI is InChI=1S/C15H19N3O/c19-15-13-9-16-11-17-14(13)7-8-18(15)10-12-5-3-1-2-4-6-12/h7-9,11-12H,1-6,10H2. The molecule has 0 spiro atoms. The van der Waals surface area contributed by atoms with E-state index in [-0.39, 0.29) is 5.56 Å². The van der Waals surface area contributed by atoms with Crippen LogP contribution in [0.3, 0.4) is 0 Å². The monoisotopic (exact) mass is 257 g/mol. The zero-order valence-corrected chi connectivity index (χ0v) is 11.1. The molecule has 0 atom stereocenters. The van der Waals surface area contributed by atoms with Gasteiger partial charge in [-0.3, -0.25) is 4.79 Å². The zero-order valence-electron chi connectivity index (χ0n) is 11.1. The van der Waals surface area contributed by atoms with Gasteiger partial charge in [0.05, 0.1) is 10.9 Å². The van der Waals surface area contributed by atoms with Gasteiger partial charge in [0, 0.05) is 18.9 Å². The highest BCUT2D eigenvalue weighted by Crippen LogP contribution is 2.23. The van der Waals surface area contributed by atoms with Gasteiger partial charge in [0.25, 0.3) is 5.56 Å². The first-order valence-corrected chi connectivity index (χ1v) is 7.14. The van der Waals surface area contributed by atoms with Gasteiger partial charge in [0.15, 0.2) is 0 Å². The van der Waals surface area contributed by atoms with Crippen LogP contribution in [0.5, 0.6) is 0 Å². The van der Waals surface area contributed by atoms with Crippen molar-refractivity contribution in [3.8, 4) is 0 Å². The van der Waals surface area contributed by atoms with Gasteiger partial charge in [-0.05, 0) is 24.8 Å². The number of nitrogens with zero attached hydrogens (tertiary/aromatic N) is 3. The summed E-state index contributed by atoms with van der Waals surface area (Å²) in [6, 6.07) is 1.91. The Morgan fingerprint density at radius 3 is 2.79 bits per heavy atom. The maximum absolute atomic E-state index is 12.4. The number of aromatic nitrogens is 3. The highest BCUT2D eigenvalue weighted by molar-refractivity contribution is 5.75. The van der Waals surface area contributed by atoms with E-state index in [1.54, 1.807) is 6.20 Å². The first kappa shape index (κ1) is 12.3. The topological polar surface area (TPSA) is 47.8 Å². The van der Waals surface area contributed by atoms with E-state index in [1.165, 1.54) is 44.9 Å². The quantitative estimate of drug-likeness (QED) is 0.777. The van der Waals surface area contributed by atoms with Crippen LogP contribution in [0, 0.1) is 5.92 Å². The van der Waals surface area contributed by atoms with Gasteiger partial charge in [-0.2, -0.15) is 0 Å². The Balaban J connectivity index is 1.88. The van der Waals surface area contributed by atoms with Crippen LogP contribution in [-0.4, -0.2) is 14.5 Å². The maximum Gasteiger partial charge on any atom is 0.261 e. The molecule has 0 aliphatic heterocycles. The molecule has 0 saturated heterocycles. The molecule has 1 saturated carbocycles. The molecule has 2 aromatic rings. The molecule has 19 heavy (non-hydrogen) atoms. The molecular weight excluding hydrogens is 238 g/mol. The summed E-state index contributed by atoms with van der Waals surface area (Å²) >= 11 is 0. The average Bonchev–Trinajstić information content (AvgIpc) is 2.71. The number of hydrogen-bond acceptors (Lipinski definition) is 3. The third-order valence-electron chi connectivity index (χ3n) is 4.08. The molecular formula is C15H19N3O. The van der Waals surface area contributed by atoms with Gasteiger partial charge in [-0.1, -0.05) is 25.7 Å². The van der Waals surface area contributed by atoms with Crippen molar-refractivity contribution in [3.63, 3.8) is 0 Å². The molecule has 1 aliphatic carbocycles. The summed E-state index contributed by atoms with van der Waals surface area (Å²) in [5.41, 5.74) is 0.777. The van der Waals surface area contributed by atoms with Crippen molar-refractivity contribution in [2.45, 2.75) is 45.1 Å². The van der Waals surface area contributed by atoms with Gasteiger partial charge in [-0.25, -0.2) is 9.97 Å². The Morgan fingerprint density at radius 2 is 2.00 bits per heavy atom. The second kappa shape index (κ2) is 5.51. The summed E-state index contributed by atoms with van der Waals surface area (Å²) in [5, 5.41) is 0.624. The molecule has 4 heteroatoms. The van der Waals surface area contributed by atoms with Crippen LogP contribution in [0.25, 0.3) is 10.9 Å². The molecule has 1 aliphatic rings. The summed E-state index contributed by atoms with van der Waals surface area (Å²) in [6.07, 6.45) is 12.8. The molecule has 2 heterocycles. The van der Waals surface area contributed by atoms with Crippen LogP contribution in [0.1, 0.15) is 38.5 Å². The van der Waals surface area contributed by atoms with Crippen molar-refractivity contribution >= 4 is 10.9 Å². The van der Waals surface area contributed by atoms with Crippen molar-refractivity contribution in [3.05, 3.63) is 35.1 Å². The van der Waals surface area contributed by atoms with E-state index < -0.39 is 0 Å². The van der Waals surface area contributed by atoms with Crippen molar-refractivity contribution in [2.24, 2.45) is 5.92 Å². The van der Waals surface area contributed by atoms with E-state index in [1.807, 2.05) is 16.8 Å². The molecule has 0 unspecified atom stereocenters. The molecule has 3 rings (SSSR count). The third-order valence-corrected chi connectivity index (χ3v) is 4.08. The second-order valence-corrected chi connectivity index (χ2v) is 5.45. The van der Waals surface area contributed by atoms with Gasteiger partial charge < -0.3 is 4.57 Å². The largest absolute Gasteiger partial charge is 0.315 e. The molecule has 100 valence electrons. The van der Waals surface area contributed by atoms with Gasteiger partial charge >= 0.3 is 0 Å². The first-order chi connectivity index (χ1) is 9.34. The lowest BCUT2D eigenvalue weighted by Crippen LogP contribution is -2.23. The van der Waals surface area contributed by atoms with Crippen LogP contribution < -0.4 is 5.56 Å². The van der Waals surface area contributed by atoms with Crippen LogP contribution in [0.15, 0.2) is 29.6 Å². The minimum Gasteiger partial charge on any atom is -0.315 e. The fourth-order valence-corrected chi connectivity index (χ4v) is 2.99. The fraction of sp³-hybridized carbons (Fsp3) is 0.533. The average molecular weight is 257 g/mol. The van der Waals surface area contributed by atoms with Crippen molar-refractivity contribution < 1.29 is 0 Å². The third kappa shape index (κ3) is 2.67. The highest BCUT2D eigenvalue weighted by atomic mass is 16.1. The number of hydrogen-bond donors (Lipinski definition) is 0. The van der Waals surface area contributed by atoms with E-state index in [0.29, 0.717) is 11.3 Å². The lowest BCUT2D eigenvalue weighted by molar-refractivity contribution is 0.391. The van der Waals surface area contributed by atoms with Crippen molar-refractivity contribution in [1.82, 2.24) is 14.5 Å². The van der Waals surface area contributed by atoms with E-state index in [9.17, 15) is 4.79 Å². The minimum atomic E-state index is 0.0438. The molecule has 4 nitrogen and oxygen atoms in total. The molecule has 1 fully saturated rings. The smallest absolute Gasteiger partial charge is 0.261 e. The van der Waals surface area contributed by atoms with Crippen molar-refractivity contribution in [2.75, 3.05) is 0 Å². The Bertz CT molecular complexity index is 612. The highest BCUT2D eigenvalue weighted by Gasteiger charge is 2.14. The lowest BCUT2D eigenvalue weighted by atomic mass is 10.0. The fourth-order valence-electron chi connectivity index (χ4n) is 2.99. The predicted octanol–water partition coefficient (Wildman–Crippen LogP) is 2.76. The van der Waals surface area contributed by atoms with E-state index in [0.717, 1.165) is 12.1 Å². The number of rotatable bonds is 2. The van der Waals surface area contributed by atoms with E-state index >= 15 is 0 Å². The molecule has 0 amide bonds. The van der Waals surface area contributed by atoms with E-state index in [2.05, 4.69) is 9.97 Å². The minimum absolute atomic E-state index is 0.0438. The van der Waals surface area contributed by atoms with Crippen molar-refractivity contribution in [1.29, 1.82) is 0 Å². The van der Waals surface area contributed by atoms with Crippen LogP contribution in [0.4, 0.5) is 0 Å². The number of pyridine rings is 1. The maximum atomic E-state index is 12.4. The van der Waals surface area contributed by atoms with E-state index in [4.69, 9.17) is 0 Å². The zero-order chi connectivity index (χ0) is 13.1. The molecule has 0 N–H and O–H groups in total.